The molecule has 0 spiro atoms. The Bertz CT molecular complexity index is 664. The smallest absolute Gasteiger partial charge is 0.172 e. The highest BCUT2D eigenvalue weighted by atomic mass is 32.1. The third kappa shape index (κ3) is 2.04. The zero-order valence-electron chi connectivity index (χ0n) is 11.7. The van der Waals surface area contributed by atoms with Gasteiger partial charge in [-0.05, 0) is 55.0 Å². The van der Waals surface area contributed by atoms with Gasteiger partial charge in [0.2, 0.25) is 0 Å². The summed E-state index contributed by atoms with van der Waals surface area (Å²) >= 11 is 1.68. The summed E-state index contributed by atoms with van der Waals surface area (Å²) in [7, 11) is 0. The maximum Gasteiger partial charge on any atom is 0.172 e. The van der Waals surface area contributed by atoms with E-state index in [0.717, 1.165) is 17.7 Å². The average Bonchev–Trinajstić information content (AvgIpc) is 2.81. The van der Waals surface area contributed by atoms with Crippen LogP contribution in [0, 0.1) is 13.8 Å². The fourth-order valence-corrected chi connectivity index (χ4v) is 4.21. The van der Waals surface area contributed by atoms with E-state index in [1.54, 1.807) is 11.3 Å². The lowest BCUT2D eigenvalue weighted by molar-refractivity contribution is 0.0992. The van der Waals surface area contributed by atoms with Crippen molar-refractivity contribution in [2.45, 2.75) is 40.0 Å². The van der Waals surface area contributed by atoms with Crippen molar-refractivity contribution >= 4 is 17.1 Å². The topological polar surface area (TPSA) is 17.1 Å². The Kier molecular flexibility index (Phi) is 3.06. The molecule has 0 saturated heterocycles. The summed E-state index contributed by atoms with van der Waals surface area (Å²) in [6.07, 6.45) is 2.77. The number of thiophene rings is 1. The van der Waals surface area contributed by atoms with Gasteiger partial charge in [0.25, 0.3) is 0 Å². The van der Waals surface area contributed by atoms with Gasteiger partial charge in [0.05, 0.1) is 4.88 Å². The zero-order valence-corrected chi connectivity index (χ0v) is 12.5. The van der Waals surface area contributed by atoms with Crippen molar-refractivity contribution in [3.63, 3.8) is 0 Å². The summed E-state index contributed by atoms with van der Waals surface area (Å²) in [6.45, 7) is 6.28. The van der Waals surface area contributed by atoms with Crippen LogP contribution in [-0.4, -0.2) is 5.78 Å². The van der Waals surface area contributed by atoms with Crippen molar-refractivity contribution in [2.24, 2.45) is 0 Å². The van der Waals surface area contributed by atoms with Crippen molar-refractivity contribution in [1.29, 1.82) is 0 Å². The largest absolute Gasteiger partial charge is 0.293 e. The number of hydrogen-bond acceptors (Lipinski definition) is 2. The third-order valence-electron chi connectivity index (χ3n) is 3.91. The molecule has 1 nitrogen and oxygen atoms in total. The molecule has 1 aliphatic rings. The van der Waals surface area contributed by atoms with E-state index >= 15 is 0 Å². The fourth-order valence-electron chi connectivity index (χ4n) is 2.95. The van der Waals surface area contributed by atoms with Crippen LogP contribution in [0.2, 0.25) is 0 Å². The van der Waals surface area contributed by atoms with E-state index < -0.39 is 0 Å². The van der Waals surface area contributed by atoms with Crippen LogP contribution >= 0.6 is 11.3 Å². The Morgan fingerprint density at radius 3 is 2.74 bits per heavy atom. The van der Waals surface area contributed by atoms with Crippen LogP contribution in [-0.2, 0) is 12.8 Å². The summed E-state index contributed by atoms with van der Waals surface area (Å²) in [5.74, 6) is 0.269. The fraction of sp³-hybridized carbons (Fsp3) is 0.353. The zero-order chi connectivity index (χ0) is 13.6. The Labute approximate surface area is 118 Å². The van der Waals surface area contributed by atoms with E-state index in [2.05, 4.69) is 32.0 Å². The molecule has 0 saturated carbocycles. The van der Waals surface area contributed by atoms with Crippen LogP contribution in [0.1, 0.15) is 45.3 Å². The summed E-state index contributed by atoms with van der Waals surface area (Å²) in [4.78, 5) is 14.1. The van der Waals surface area contributed by atoms with Gasteiger partial charge >= 0.3 is 0 Å². The summed E-state index contributed by atoms with van der Waals surface area (Å²) < 4.78 is 0. The Morgan fingerprint density at radius 2 is 2.00 bits per heavy atom. The SMILES string of the molecule is CCC(=O)c1cc2c(s1)-c1cc(C)cc(C)c1CC2. The quantitative estimate of drug-likeness (QED) is 0.721. The van der Waals surface area contributed by atoms with E-state index in [9.17, 15) is 4.79 Å². The lowest BCUT2D eigenvalue weighted by atomic mass is 9.87. The van der Waals surface area contributed by atoms with E-state index in [0.29, 0.717) is 6.42 Å². The molecule has 1 heterocycles. The monoisotopic (exact) mass is 270 g/mol. The number of benzene rings is 1. The van der Waals surface area contributed by atoms with Crippen molar-refractivity contribution in [1.82, 2.24) is 0 Å². The average molecular weight is 270 g/mol. The molecule has 3 rings (SSSR count). The molecule has 0 atom stereocenters. The molecule has 2 aromatic rings. The van der Waals surface area contributed by atoms with E-state index in [1.807, 2.05) is 6.92 Å². The number of fused-ring (bicyclic) bond motifs is 3. The predicted octanol–water partition coefficient (Wildman–Crippen LogP) is 4.72. The van der Waals surface area contributed by atoms with Gasteiger partial charge in [-0.2, -0.15) is 0 Å². The highest BCUT2D eigenvalue weighted by molar-refractivity contribution is 7.17. The number of hydrogen-bond donors (Lipinski definition) is 0. The van der Waals surface area contributed by atoms with Crippen LogP contribution in [0.4, 0.5) is 0 Å². The highest BCUT2D eigenvalue weighted by Crippen LogP contribution is 2.41. The molecular formula is C17H18OS. The molecule has 2 heteroatoms. The summed E-state index contributed by atoms with van der Waals surface area (Å²) in [5.41, 5.74) is 6.88. The summed E-state index contributed by atoms with van der Waals surface area (Å²) in [6, 6.07) is 6.65. The van der Waals surface area contributed by atoms with E-state index in [-0.39, 0.29) is 5.78 Å². The molecule has 0 amide bonds. The standard InChI is InChI=1S/C17H18OS/c1-4-15(18)16-9-12-5-6-13-11(3)7-10(2)8-14(13)17(12)19-16/h7-9H,4-6H2,1-3H3. The maximum atomic E-state index is 11.9. The molecule has 1 aromatic heterocycles. The minimum Gasteiger partial charge on any atom is -0.293 e. The van der Waals surface area contributed by atoms with Crippen LogP contribution in [0.5, 0.6) is 0 Å². The summed E-state index contributed by atoms with van der Waals surface area (Å²) in [5, 5.41) is 0. The van der Waals surface area contributed by atoms with Gasteiger partial charge in [-0.25, -0.2) is 0 Å². The normalized spacial score (nSPS) is 13.0. The molecule has 0 bridgehead atoms. The molecule has 98 valence electrons. The second-order valence-corrected chi connectivity index (χ2v) is 6.40. The number of carbonyl (C=O) groups excluding carboxylic acids is 1. The van der Waals surface area contributed by atoms with Crippen LogP contribution in [0.3, 0.4) is 0 Å². The molecule has 19 heavy (non-hydrogen) atoms. The first-order valence-corrected chi connectivity index (χ1v) is 7.68. The first kappa shape index (κ1) is 12.6. The van der Waals surface area contributed by atoms with Gasteiger partial charge in [-0.1, -0.05) is 24.6 Å². The van der Waals surface area contributed by atoms with Crippen molar-refractivity contribution < 1.29 is 4.79 Å². The molecule has 0 aliphatic heterocycles. The number of ketones is 1. The second-order valence-electron chi connectivity index (χ2n) is 5.35. The number of aryl methyl sites for hydroxylation is 3. The molecule has 0 unspecified atom stereocenters. The predicted molar refractivity (Wildman–Crippen MR) is 81.3 cm³/mol. The number of Topliss-reactive ketones (excluding diaryl/α,β-unsaturated/α-hetero) is 1. The lowest BCUT2D eigenvalue weighted by Crippen LogP contribution is -2.03. The minimum absolute atomic E-state index is 0.269. The molecule has 0 fully saturated rings. The van der Waals surface area contributed by atoms with Gasteiger partial charge in [0.1, 0.15) is 0 Å². The molecule has 0 radical (unpaired) electrons. The molecule has 1 aromatic carbocycles. The first-order valence-electron chi connectivity index (χ1n) is 6.86. The first-order chi connectivity index (χ1) is 9.10. The Hall–Kier alpha value is -1.41. The van der Waals surface area contributed by atoms with Crippen LogP contribution < -0.4 is 0 Å². The highest BCUT2D eigenvalue weighted by Gasteiger charge is 2.22. The number of carbonyl (C=O) groups is 1. The van der Waals surface area contributed by atoms with E-state index in [4.69, 9.17) is 0 Å². The van der Waals surface area contributed by atoms with Crippen LogP contribution in [0.15, 0.2) is 18.2 Å². The molecule has 0 N–H and O–H groups in total. The van der Waals surface area contributed by atoms with Crippen molar-refractivity contribution in [3.8, 4) is 10.4 Å². The minimum atomic E-state index is 0.269. The van der Waals surface area contributed by atoms with Gasteiger partial charge in [-0.3, -0.25) is 4.79 Å². The molecule has 1 aliphatic carbocycles. The van der Waals surface area contributed by atoms with Gasteiger partial charge in [0.15, 0.2) is 5.78 Å². The third-order valence-corrected chi connectivity index (χ3v) is 5.16. The second kappa shape index (κ2) is 4.61. The molecular weight excluding hydrogens is 252 g/mol. The number of rotatable bonds is 2. The van der Waals surface area contributed by atoms with Gasteiger partial charge in [-0.15, -0.1) is 11.3 Å². The lowest BCUT2D eigenvalue weighted by Gasteiger charge is -2.19. The van der Waals surface area contributed by atoms with Crippen LogP contribution in [0.25, 0.3) is 10.4 Å². The Morgan fingerprint density at radius 1 is 1.21 bits per heavy atom. The van der Waals surface area contributed by atoms with E-state index in [1.165, 1.54) is 32.7 Å². The van der Waals surface area contributed by atoms with Gasteiger partial charge in [0, 0.05) is 11.3 Å². The Balaban J connectivity index is 2.18. The van der Waals surface area contributed by atoms with Crippen molar-refractivity contribution in [3.05, 3.63) is 45.3 Å². The van der Waals surface area contributed by atoms with Crippen molar-refractivity contribution in [2.75, 3.05) is 0 Å². The maximum absolute atomic E-state index is 11.9. The van der Waals surface area contributed by atoms with Gasteiger partial charge < -0.3 is 0 Å².